The fourth-order valence-corrected chi connectivity index (χ4v) is 4.33. The number of nitrogens with zero attached hydrogens (tertiary/aromatic N) is 2. The van der Waals surface area contributed by atoms with Crippen molar-refractivity contribution in [3.63, 3.8) is 0 Å². The van der Waals surface area contributed by atoms with Crippen molar-refractivity contribution < 1.29 is 19.4 Å². The van der Waals surface area contributed by atoms with Gasteiger partial charge in [-0.3, -0.25) is 9.78 Å². The van der Waals surface area contributed by atoms with Crippen molar-refractivity contribution in [3.05, 3.63) is 59.4 Å². The Morgan fingerprint density at radius 3 is 2.65 bits per heavy atom. The van der Waals surface area contributed by atoms with Crippen molar-refractivity contribution in [1.82, 2.24) is 9.88 Å². The van der Waals surface area contributed by atoms with Crippen molar-refractivity contribution in [2.24, 2.45) is 0 Å². The number of fused-ring (bicyclic) bond motifs is 2. The molecule has 0 bridgehead atoms. The Labute approximate surface area is 150 Å². The highest BCUT2D eigenvalue weighted by molar-refractivity contribution is 5.95. The van der Waals surface area contributed by atoms with Crippen LogP contribution in [-0.4, -0.2) is 40.0 Å². The van der Waals surface area contributed by atoms with Gasteiger partial charge in [0.05, 0.1) is 17.5 Å². The molecule has 132 valence electrons. The van der Waals surface area contributed by atoms with Crippen molar-refractivity contribution in [3.8, 4) is 5.75 Å². The van der Waals surface area contributed by atoms with Crippen molar-refractivity contribution in [2.45, 2.75) is 30.3 Å². The molecule has 3 aliphatic rings. The first-order valence-electron chi connectivity index (χ1n) is 8.81. The zero-order chi connectivity index (χ0) is 17.9. The molecule has 5 rings (SSSR count). The highest BCUT2D eigenvalue weighted by atomic mass is 16.6. The fraction of sp³-hybridized carbons (Fsp3) is 0.350. The number of pyridine rings is 1. The van der Waals surface area contributed by atoms with E-state index < -0.39 is 11.0 Å². The molecule has 2 fully saturated rings. The van der Waals surface area contributed by atoms with Crippen LogP contribution in [0.15, 0.2) is 42.7 Å². The Morgan fingerprint density at radius 2 is 1.92 bits per heavy atom. The van der Waals surface area contributed by atoms with Crippen LogP contribution in [0.25, 0.3) is 0 Å². The summed E-state index contributed by atoms with van der Waals surface area (Å²) in [6, 6.07) is 8.71. The second kappa shape index (κ2) is 5.06. The first-order valence-corrected chi connectivity index (χ1v) is 8.81. The summed E-state index contributed by atoms with van der Waals surface area (Å²) in [5, 5.41) is 9.50. The predicted octanol–water partition coefficient (Wildman–Crippen LogP) is 2.12. The number of benzene rings is 1. The van der Waals surface area contributed by atoms with E-state index in [1.165, 1.54) is 6.20 Å². The Kier molecular flexibility index (Phi) is 2.99. The number of ether oxygens (including phenoxy) is 1. The van der Waals surface area contributed by atoms with Crippen LogP contribution in [0.1, 0.15) is 40.7 Å². The molecule has 1 amide bonds. The largest absolute Gasteiger partial charge is 0.508 e. The van der Waals surface area contributed by atoms with Crippen molar-refractivity contribution in [2.75, 3.05) is 13.1 Å². The first kappa shape index (κ1) is 15.4. The smallest absolute Gasteiger partial charge is 0.341 e. The lowest BCUT2D eigenvalue weighted by molar-refractivity contribution is -0.134. The van der Waals surface area contributed by atoms with Crippen molar-refractivity contribution >= 4 is 11.9 Å². The number of aromatic nitrogens is 1. The number of amides is 1. The van der Waals surface area contributed by atoms with Crippen LogP contribution in [-0.2, 0) is 20.5 Å². The van der Waals surface area contributed by atoms with E-state index in [0.717, 1.165) is 24.0 Å². The summed E-state index contributed by atoms with van der Waals surface area (Å²) < 4.78 is 5.71. The van der Waals surface area contributed by atoms with Gasteiger partial charge in [-0.15, -0.1) is 0 Å². The van der Waals surface area contributed by atoms with Crippen LogP contribution in [0, 0.1) is 0 Å². The molecule has 3 heterocycles. The first-order chi connectivity index (χ1) is 12.5. The molecule has 2 aromatic rings. The van der Waals surface area contributed by atoms with Crippen LogP contribution in [0.2, 0.25) is 0 Å². The quantitative estimate of drug-likeness (QED) is 0.839. The van der Waals surface area contributed by atoms with E-state index in [1.54, 1.807) is 18.3 Å². The third-order valence-electron chi connectivity index (χ3n) is 5.92. The number of carbonyl (C=O) groups excluding carboxylic acids is 2. The number of likely N-dealkylation sites (tertiary alicyclic amines) is 1. The van der Waals surface area contributed by atoms with Crippen LogP contribution in [0.4, 0.5) is 0 Å². The monoisotopic (exact) mass is 350 g/mol. The normalized spacial score (nSPS) is 25.2. The standard InChI is InChI=1S/C20H18N2O4/c23-14-3-1-13(2-4-14)19(6-7-19)18(25)22-10-8-20(12-22)16-5-9-21-11-15(16)17(24)26-20/h1-5,9,11,23H,6-8,10,12H2/t20-/m0/s1. The number of hydrogen-bond donors (Lipinski definition) is 1. The number of carbonyl (C=O) groups is 2. The summed E-state index contributed by atoms with van der Waals surface area (Å²) in [6.45, 7) is 0.947. The van der Waals surface area contributed by atoms with Gasteiger partial charge in [-0.25, -0.2) is 4.79 Å². The summed E-state index contributed by atoms with van der Waals surface area (Å²) in [7, 11) is 0. The molecule has 1 aliphatic carbocycles. The number of phenolic OH excluding ortho intramolecular Hbond substituents is 1. The predicted molar refractivity (Wildman–Crippen MR) is 91.5 cm³/mol. The summed E-state index contributed by atoms with van der Waals surface area (Å²) in [5.41, 5.74) is 1.04. The van der Waals surface area contributed by atoms with E-state index in [1.807, 2.05) is 23.1 Å². The average molecular weight is 350 g/mol. The zero-order valence-electron chi connectivity index (χ0n) is 14.1. The van der Waals surface area contributed by atoms with E-state index in [-0.39, 0.29) is 17.6 Å². The molecule has 0 radical (unpaired) electrons. The van der Waals surface area contributed by atoms with Gasteiger partial charge in [0.1, 0.15) is 5.75 Å². The maximum Gasteiger partial charge on any atom is 0.341 e. The Bertz CT molecular complexity index is 920. The Hall–Kier alpha value is -2.89. The molecular formula is C20H18N2O4. The maximum atomic E-state index is 13.3. The average Bonchev–Trinajstić information content (AvgIpc) is 3.28. The molecule has 0 unspecified atom stereocenters. The topological polar surface area (TPSA) is 79.7 Å². The van der Waals surface area contributed by atoms with Crippen LogP contribution >= 0.6 is 0 Å². The number of esters is 1. The molecule has 6 nitrogen and oxygen atoms in total. The molecule has 26 heavy (non-hydrogen) atoms. The van der Waals surface area contributed by atoms with Gasteiger partial charge in [-0.05, 0) is 36.6 Å². The summed E-state index contributed by atoms with van der Waals surface area (Å²) in [6.07, 6.45) is 5.41. The van der Waals surface area contributed by atoms with E-state index in [9.17, 15) is 14.7 Å². The van der Waals surface area contributed by atoms with Gasteiger partial charge in [0, 0.05) is 30.9 Å². The SMILES string of the molecule is O=C1O[C@]2(CCN(C(=O)C3(c4ccc(O)cc4)CC3)C2)c2ccncc21. The highest BCUT2D eigenvalue weighted by Gasteiger charge is 2.57. The molecule has 1 N–H and O–H groups in total. The summed E-state index contributed by atoms with van der Waals surface area (Å²) in [4.78, 5) is 31.3. The third kappa shape index (κ3) is 2.01. The lowest BCUT2D eigenvalue weighted by Crippen LogP contribution is -2.40. The molecule has 1 atom stereocenters. The minimum absolute atomic E-state index is 0.0821. The highest BCUT2D eigenvalue weighted by Crippen LogP contribution is 2.52. The number of rotatable bonds is 2. The van der Waals surface area contributed by atoms with Gasteiger partial charge in [-0.2, -0.15) is 0 Å². The third-order valence-corrected chi connectivity index (χ3v) is 5.92. The second-order valence-electron chi connectivity index (χ2n) is 7.41. The Morgan fingerprint density at radius 1 is 1.15 bits per heavy atom. The molecule has 1 saturated carbocycles. The lowest BCUT2D eigenvalue weighted by atomic mass is 9.92. The molecule has 1 spiro atoms. The molecule has 1 aromatic heterocycles. The van der Waals surface area contributed by atoms with Crippen molar-refractivity contribution in [1.29, 1.82) is 0 Å². The van der Waals surface area contributed by atoms with E-state index in [4.69, 9.17) is 4.74 Å². The minimum atomic E-state index is -0.740. The maximum absolute atomic E-state index is 13.3. The summed E-state index contributed by atoms with van der Waals surface area (Å²) >= 11 is 0. The van der Waals surface area contributed by atoms with Crippen LogP contribution in [0.5, 0.6) is 5.75 Å². The van der Waals surface area contributed by atoms with Crippen LogP contribution < -0.4 is 0 Å². The number of aromatic hydroxyl groups is 1. The van der Waals surface area contributed by atoms with E-state index in [0.29, 0.717) is 25.1 Å². The fourth-order valence-electron chi connectivity index (χ4n) is 4.33. The number of hydrogen-bond acceptors (Lipinski definition) is 5. The second-order valence-corrected chi connectivity index (χ2v) is 7.41. The number of phenols is 1. The molecule has 2 aliphatic heterocycles. The van der Waals surface area contributed by atoms with Gasteiger partial charge >= 0.3 is 5.97 Å². The van der Waals surface area contributed by atoms with Gasteiger partial charge in [0.2, 0.25) is 5.91 Å². The molecule has 1 aromatic carbocycles. The zero-order valence-corrected chi connectivity index (χ0v) is 14.1. The lowest BCUT2D eigenvalue weighted by Gasteiger charge is -2.26. The molecular weight excluding hydrogens is 332 g/mol. The molecule has 6 heteroatoms. The summed E-state index contributed by atoms with van der Waals surface area (Å²) in [5.74, 6) is -0.0825. The van der Waals surface area contributed by atoms with E-state index in [2.05, 4.69) is 4.98 Å². The van der Waals surface area contributed by atoms with Crippen LogP contribution in [0.3, 0.4) is 0 Å². The van der Waals surface area contributed by atoms with E-state index >= 15 is 0 Å². The Balaban J connectivity index is 1.43. The van der Waals surface area contributed by atoms with Gasteiger partial charge < -0.3 is 14.7 Å². The van der Waals surface area contributed by atoms with Gasteiger partial charge in [0.15, 0.2) is 5.60 Å². The van der Waals surface area contributed by atoms with Gasteiger partial charge in [-0.1, -0.05) is 12.1 Å². The van der Waals surface area contributed by atoms with Gasteiger partial charge in [0.25, 0.3) is 0 Å². The minimum Gasteiger partial charge on any atom is -0.508 e. The molecule has 1 saturated heterocycles.